The Morgan fingerprint density at radius 1 is 1.30 bits per heavy atom. The Morgan fingerprint density at radius 2 is 2.09 bits per heavy atom. The van der Waals surface area contributed by atoms with E-state index in [1.54, 1.807) is 18.2 Å². The van der Waals surface area contributed by atoms with Crippen LogP contribution in [-0.4, -0.2) is 48.2 Å². The van der Waals surface area contributed by atoms with E-state index in [4.69, 9.17) is 14.6 Å². The smallest absolute Gasteiger partial charge is 0.341 e. The highest BCUT2D eigenvalue weighted by atomic mass is 16.5. The second-order valence-corrected chi connectivity index (χ2v) is 5.78. The molecule has 1 fully saturated rings. The third-order valence-corrected chi connectivity index (χ3v) is 3.79. The number of benzene rings is 1. The number of aliphatic carboxylic acids is 1. The number of hydrogen-bond acceptors (Lipinski definition) is 4. The summed E-state index contributed by atoms with van der Waals surface area (Å²) in [6, 6.07) is 4.87. The molecule has 0 spiro atoms. The summed E-state index contributed by atoms with van der Waals surface area (Å²) in [4.78, 5) is 25.1. The molecule has 1 aromatic carbocycles. The Morgan fingerprint density at radius 3 is 2.74 bits per heavy atom. The van der Waals surface area contributed by atoms with E-state index in [-0.39, 0.29) is 5.91 Å². The molecule has 0 radical (unpaired) electrons. The van der Waals surface area contributed by atoms with Crippen LogP contribution in [0.4, 0.5) is 0 Å². The number of carbonyl (C=O) groups is 2. The number of ether oxygens (including phenoxy) is 2. The first-order chi connectivity index (χ1) is 11.0. The number of likely N-dealkylation sites (tertiary alicyclic amines) is 1. The van der Waals surface area contributed by atoms with Crippen LogP contribution in [0.3, 0.4) is 0 Å². The van der Waals surface area contributed by atoms with E-state index in [9.17, 15) is 9.59 Å². The zero-order valence-electron chi connectivity index (χ0n) is 13.6. The first kappa shape index (κ1) is 17.1. The largest absolute Gasteiger partial charge is 0.490 e. The lowest BCUT2D eigenvalue weighted by Crippen LogP contribution is -2.39. The van der Waals surface area contributed by atoms with Crippen molar-refractivity contribution in [1.29, 1.82) is 0 Å². The van der Waals surface area contributed by atoms with Gasteiger partial charge < -0.3 is 19.5 Å². The normalized spacial score (nSPS) is 17.7. The summed E-state index contributed by atoms with van der Waals surface area (Å²) in [6.45, 7) is 5.46. The SMILES string of the molecule is CCOc1cc(C(=O)N2CCCC(C)C2)ccc1OCC(=O)O. The summed E-state index contributed by atoms with van der Waals surface area (Å²) in [6.07, 6.45) is 2.17. The van der Waals surface area contributed by atoms with Gasteiger partial charge in [-0.3, -0.25) is 4.79 Å². The molecule has 0 aliphatic carbocycles. The highest BCUT2D eigenvalue weighted by Gasteiger charge is 2.23. The zero-order chi connectivity index (χ0) is 16.8. The van der Waals surface area contributed by atoms with Crippen molar-refractivity contribution in [3.05, 3.63) is 23.8 Å². The van der Waals surface area contributed by atoms with Crippen molar-refractivity contribution in [2.75, 3.05) is 26.3 Å². The highest BCUT2D eigenvalue weighted by molar-refractivity contribution is 5.95. The minimum absolute atomic E-state index is 0.0257. The molecule has 1 atom stereocenters. The van der Waals surface area contributed by atoms with Crippen molar-refractivity contribution in [3.63, 3.8) is 0 Å². The van der Waals surface area contributed by atoms with E-state index in [0.29, 0.717) is 29.6 Å². The van der Waals surface area contributed by atoms with Gasteiger partial charge in [0.15, 0.2) is 18.1 Å². The van der Waals surface area contributed by atoms with Crippen LogP contribution >= 0.6 is 0 Å². The van der Waals surface area contributed by atoms with Crippen LogP contribution in [-0.2, 0) is 4.79 Å². The van der Waals surface area contributed by atoms with Gasteiger partial charge in [-0.1, -0.05) is 6.92 Å². The third-order valence-electron chi connectivity index (χ3n) is 3.79. The molecule has 1 saturated heterocycles. The molecular formula is C17H23NO5. The van der Waals surface area contributed by atoms with Gasteiger partial charge >= 0.3 is 5.97 Å². The van der Waals surface area contributed by atoms with Gasteiger partial charge in [0.1, 0.15) is 0 Å². The van der Waals surface area contributed by atoms with Crippen molar-refractivity contribution in [3.8, 4) is 11.5 Å². The van der Waals surface area contributed by atoms with Gasteiger partial charge in [-0.25, -0.2) is 4.79 Å². The fraction of sp³-hybridized carbons (Fsp3) is 0.529. The van der Waals surface area contributed by atoms with E-state index in [1.165, 1.54) is 0 Å². The summed E-state index contributed by atoms with van der Waals surface area (Å²) >= 11 is 0. The Bertz CT molecular complexity index is 572. The van der Waals surface area contributed by atoms with Crippen LogP contribution < -0.4 is 9.47 Å². The molecule has 2 rings (SSSR count). The van der Waals surface area contributed by atoms with Crippen molar-refractivity contribution in [2.24, 2.45) is 5.92 Å². The Labute approximate surface area is 136 Å². The first-order valence-electron chi connectivity index (χ1n) is 7.92. The van der Waals surface area contributed by atoms with Gasteiger partial charge in [0.25, 0.3) is 5.91 Å². The molecule has 6 nitrogen and oxygen atoms in total. The zero-order valence-corrected chi connectivity index (χ0v) is 13.6. The van der Waals surface area contributed by atoms with Crippen molar-refractivity contribution < 1.29 is 24.2 Å². The van der Waals surface area contributed by atoms with Crippen LogP contribution in [0.2, 0.25) is 0 Å². The molecule has 1 aliphatic heterocycles. The van der Waals surface area contributed by atoms with E-state index in [1.807, 2.05) is 11.8 Å². The summed E-state index contributed by atoms with van der Waals surface area (Å²) < 4.78 is 10.7. The number of hydrogen-bond donors (Lipinski definition) is 1. The minimum Gasteiger partial charge on any atom is -0.490 e. The molecule has 0 saturated carbocycles. The lowest BCUT2D eigenvalue weighted by Gasteiger charge is -2.31. The number of carbonyl (C=O) groups excluding carboxylic acids is 1. The van der Waals surface area contributed by atoms with Crippen molar-refractivity contribution >= 4 is 11.9 Å². The summed E-state index contributed by atoms with van der Waals surface area (Å²) in [5.74, 6) is 0.150. The van der Waals surface area contributed by atoms with E-state index in [2.05, 4.69) is 6.92 Å². The lowest BCUT2D eigenvalue weighted by molar-refractivity contribution is -0.139. The maximum atomic E-state index is 12.6. The second-order valence-electron chi connectivity index (χ2n) is 5.78. The van der Waals surface area contributed by atoms with Crippen LogP contribution in [0.25, 0.3) is 0 Å². The van der Waals surface area contributed by atoms with E-state index in [0.717, 1.165) is 25.9 Å². The molecule has 1 amide bonds. The monoisotopic (exact) mass is 321 g/mol. The van der Waals surface area contributed by atoms with Crippen LogP contribution in [0.1, 0.15) is 37.0 Å². The average Bonchev–Trinajstić information content (AvgIpc) is 2.53. The van der Waals surface area contributed by atoms with E-state index >= 15 is 0 Å². The maximum absolute atomic E-state index is 12.6. The van der Waals surface area contributed by atoms with Gasteiger partial charge in [0, 0.05) is 18.7 Å². The first-order valence-corrected chi connectivity index (χ1v) is 7.92. The molecule has 1 aliphatic rings. The fourth-order valence-corrected chi connectivity index (χ4v) is 2.72. The summed E-state index contributed by atoms with van der Waals surface area (Å²) in [7, 11) is 0. The predicted molar refractivity (Wildman–Crippen MR) is 85.0 cm³/mol. The van der Waals surface area contributed by atoms with Crippen LogP contribution in [0, 0.1) is 5.92 Å². The molecule has 1 N–H and O–H groups in total. The quantitative estimate of drug-likeness (QED) is 0.871. The van der Waals surface area contributed by atoms with Crippen molar-refractivity contribution in [1.82, 2.24) is 4.90 Å². The van der Waals surface area contributed by atoms with Gasteiger partial charge in [-0.2, -0.15) is 0 Å². The summed E-state index contributed by atoms with van der Waals surface area (Å²) in [5.41, 5.74) is 0.533. The van der Waals surface area contributed by atoms with Crippen molar-refractivity contribution in [2.45, 2.75) is 26.7 Å². The highest BCUT2D eigenvalue weighted by Crippen LogP contribution is 2.29. The molecule has 0 aromatic heterocycles. The van der Waals surface area contributed by atoms with Gasteiger partial charge in [0.05, 0.1) is 6.61 Å². The predicted octanol–water partition coefficient (Wildman–Crippen LogP) is 2.42. The van der Waals surface area contributed by atoms with Crippen LogP contribution in [0.15, 0.2) is 18.2 Å². The fourth-order valence-electron chi connectivity index (χ4n) is 2.72. The number of carboxylic acid groups (broad SMARTS) is 1. The second kappa shape index (κ2) is 7.85. The van der Waals surface area contributed by atoms with Crippen LogP contribution in [0.5, 0.6) is 11.5 Å². The van der Waals surface area contributed by atoms with E-state index < -0.39 is 12.6 Å². The summed E-state index contributed by atoms with van der Waals surface area (Å²) in [5, 5.41) is 8.71. The topological polar surface area (TPSA) is 76.1 Å². The Kier molecular flexibility index (Phi) is 5.84. The molecule has 6 heteroatoms. The lowest BCUT2D eigenvalue weighted by atomic mass is 9.99. The molecule has 126 valence electrons. The number of rotatable bonds is 6. The molecule has 1 unspecified atom stereocenters. The standard InChI is InChI=1S/C17H23NO5/c1-3-22-15-9-13(6-7-14(15)23-11-16(19)20)17(21)18-8-4-5-12(2)10-18/h6-7,9,12H,3-5,8,10-11H2,1-2H3,(H,19,20). The molecule has 23 heavy (non-hydrogen) atoms. The van der Waals surface area contributed by atoms with Gasteiger partial charge in [0.2, 0.25) is 0 Å². The van der Waals surface area contributed by atoms with Gasteiger partial charge in [-0.15, -0.1) is 0 Å². The average molecular weight is 321 g/mol. The molecule has 1 aromatic rings. The number of amides is 1. The number of piperidine rings is 1. The Balaban J connectivity index is 2.17. The Hall–Kier alpha value is -2.24. The molecule has 1 heterocycles. The maximum Gasteiger partial charge on any atom is 0.341 e. The minimum atomic E-state index is -1.06. The number of carboxylic acids is 1. The van der Waals surface area contributed by atoms with Gasteiger partial charge in [-0.05, 0) is 43.9 Å². The third kappa shape index (κ3) is 4.61. The molecular weight excluding hydrogens is 298 g/mol. The number of nitrogens with zero attached hydrogens (tertiary/aromatic N) is 1. The molecule has 0 bridgehead atoms.